The molecule has 3 aromatic carbocycles. The van der Waals surface area contributed by atoms with Crippen molar-refractivity contribution in [3.05, 3.63) is 99.4 Å². The largest absolute Gasteiger partial charge is 0.350 e. The maximum Gasteiger partial charge on any atom is 0.282 e. The van der Waals surface area contributed by atoms with E-state index in [0.717, 1.165) is 10.5 Å². The summed E-state index contributed by atoms with van der Waals surface area (Å²) in [7, 11) is 0. The van der Waals surface area contributed by atoms with E-state index in [0.29, 0.717) is 16.3 Å². The van der Waals surface area contributed by atoms with Gasteiger partial charge in [0.05, 0.1) is 16.3 Å². The Morgan fingerprint density at radius 1 is 0.900 bits per heavy atom. The molecule has 1 aliphatic heterocycles. The van der Waals surface area contributed by atoms with Crippen LogP contribution in [0.15, 0.2) is 72.4 Å². The highest BCUT2D eigenvalue weighted by Crippen LogP contribution is 2.37. The van der Waals surface area contributed by atoms with Gasteiger partial charge in [-0.3, -0.25) is 9.59 Å². The summed E-state index contributed by atoms with van der Waals surface area (Å²) in [4.78, 5) is 27.7. The number of rotatable bonds is 4. The van der Waals surface area contributed by atoms with Gasteiger partial charge in [0.1, 0.15) is 11.5 Å². The molecule has 0 unspecified atom stereocenters. The van der Waals surface area contributed by atoms with Gasteiger partial charge in [-0.1, -0.05) is 53.5 Å². The molecule has 0 fully saturated rings. The topological polar surface area (TPSA) is 49.4 Å². The van der Waals surface area contributed by atoms with Gasteiger partial charge in [0.2, 0.25) is 0 Å². The smallest absolute Gasteiger partial charge is 0.282 e. The van der Waals surface area contributed by atoms with Gasteiger partial charge in [0, 0.05) is 10.7 Å². The summed E-state index contributed by atoms with van der Waals surface area (Å²) in [5.74, 6) is -1.56. The van der Waals surface area contributed by atoms with Crippen LogP contribution in [0.2, 0.25) is 10.0 Å². The SMILES string of the molecule is Cc1ccc(Cl)cc1NC1=C(c2ccc(F)cc2)C(=O)N(c2ccccc2Cl)C1=O. The van der Waals surface area contributed by atoms with Crippen molar-refractivity contribution in [1.29, 1.82) is 0 Å². The third kappa shape index (κ3) is 3.58. The molecule has 0 radical (unpaired) electrons. The minimum Gasteiger partial charge on any atom is -0.350 e. The summed E-state index contributed by atoms with van der Waals surface area (Å²) in [6.45, 7) is 1.85. The molecule has 2 amide bonds. The standard InChI is InChI=1S/C23H15Cl2FN2O2/c1-13-6-9-15(24)12-18(13)27-21-20(14-7-10-16(26)11-8-14)22(29)28(23(21)30)19-5-3-2-4-17(19)25/h2-12,27H,1H3. The zero-order valence-corrected chi connectivity index (χ0v) is 17.3. The minimum atomic E-state index is -0.563. The molecule has 0 aliphatic carbocycles. The van der Waals surface area contributed by atoms with Gasteiger partial charge in [-0.15, -0.1) is 0 Å². The van der Waals surface area contributed by atoms with E-state index >= 15 is 0 Å². The fraction of sp³-hybridized carbons (Fsp3) is 0.0435. The lowest BCUT2D eigenvalue weighted by Gasteiger charge is -2.17. The van der Waals surface area contributed by atoms with Crippen molar-refractivity contribution < 1.29 is 14.0 Å². The highest BCUT2D eigenvalue weighted by atomic mass is 35.5. The summed E-state index contributed by atoms with van der Waals surface area (Å²) >= 11 is 12.4. The molecule has 0 saturated heterocycles. The van der Waals surface area contributed by atoms with Crippen LogP contribution in [0.4, 0.5) is 15.8 Å². The number of carbonyl (C=O) groups excluding carboxylic acids is 2. The fourth-order valence-electron chi connectivity index (χ4n) is 3.25. The number of hydrogen-bond donors (Lipinski definition) is 1. The van der Waals surface area contributed by atoms with E-state index in [-0.39, 0.29) is 22.0 Å². The summed E-state index contributed by atoms with van der Waals surface area (Å²) < 4.78 is 13.5. The molecule has 30 heavy (non-hydrogen) atoms. The zero-order chi connectivity index (χ0) is 21.4. The number of nitrogens with zero attached hydrogens (tertiary/aromatic N) is 1. The van der Waals surface area contributed by atoms with E-state index in [2.05, 4.69) is 5.32 Å². The Bertz CT molecular complexity index is 1210. The number of halogens is 3. The molecule has 0 atom stereocenters. The van der Waals surface area contributed by atoms with Gasteiger partial charge in [0.25, 0.3) is 11.8 Å². The third-order valence-electron chi connectivity index (χ3n) is 4.77. The first kappa shape index (κ1) is 20.1. The number of benzene rings is 3. The molecule has 1 N–H and O–H groups in total. The van der Waals surface area contributed by atoms with E-state index < -0.39 is 17.6 Å². The van der Waals surface area contributed by atoms with Crippen LogP contribution in [0, 0.1) is 12.7 Å². The summed E-state index contributed by atoms with van der Waals surface area (Å²) in [6, 6.07) is 17.2. The summed E-state index contributed by atoms with van der Waals surface area (Å²) in [6.07, 6.45) is 0. The van der Waals surface area contributed by atoms with Gasteiger partial charge in [-0.05, 0) is 54.4 Å². The monoisotopic (exact) mass is 440 g/mol. The molecule has 0 bridgehead atoms. The maximum atomic E-state index is 13.5. The minimum absolute atomic E-state index is 0.0666. The first-order valence-corrected chi connectivity index (χ1v) is 9.79. The Kier molecular flexibility index (Phi) is 5.33. The number of imide groups is 1. The Labute approximate surface area is 182 Å². The Balaban J connectivity index is 1.87. The summed E-state index contributed by atoms with van der Waals surface area (Å²) in [5, 5.41) is 3.80. The predicted molar refractivity (Wildman–Crippen MR) is 117 cm³/mol. The molecule has 7 heteroatoms. The van der Waals surface area contributed by atoms with Crippen LogP contribution in [0.5, 0.6) is 0 Å². The molecule has 150 valence electrons. The first-order chi connectivity index (χ1) is 14.4. The second-order valence-corrected chi connectivity index (χ2v) is 7.58. The molecule has 0 aromatic heterocycles. The van der Waals surface area contributed by atoms with E-state index in [1.54, 1.807) is 42.5 Å². The molecule has 1 heterocycles. The molecule has 1 aliphatic rings. The second-order valence-electron chi connectivity index (χ2n) is 6.74. The number of anilines is 2. The first-order valence-electron chi connectivity index (χ1n) is 9.03. The quantitative estimate of drug-likeness (QED) is 0.518. The van der Waals surface area contributed by atoms with Gasteiger partial charge >= 0.3 is 0 Å². The van der Waals surface area contributed by atoms with E-state index in [9.17, 15) is 14.0 Å². The molecule has 3 aromatic rings. The van der Waals surface area contributed by atoms with Crippen molar-refractivity contribution >= 4 is 52.0 Å². The maximum absolute atomic E-state index is 13.5. The van der Waals surface area contributed by atoms with Gasteiger partial charge in [0.15, 0.2) is 0 Å². The lowest BCUT2D eigenvalue weighted by atomic mass is 10.0. The normalized spacial score (nSPS) is 13.9. The average molecular weight is 441 g/mol. The lowest BCUT2D eigenvalue weighted by molar-refractivity contribution is -0.120. The number of carbonyl (C=O) groups is 2. The Hall–Kier alpha value is -3.15. The zero-order valence-electron chi connectivity index (χ0n) is 15.7. The number of aryl methyl sites for hydroxylation is 1. The molecule has 4 rings (SSSR count). The molecule has 0 spiro atoms. The fourth-order valence-corrected chi connectivity index (χ4v) is 3.64. The summed E-state index contributed by atoms with van der Waals surface area (Å²) in [5.41, 5.74) is 2.29. The number of para-hydroxylation sites is 1. The van der Waals surface area contributed by atoms with Crippen molar-refractivity contribution in [3.8, 4) is 0 Å². The van der Waals surface area contributed by atoms with Crippen LogP contribution in [-0.2, 0) is 9.59 Å². The van der Waals surface area contributed by atoms with Crippen LogP contribution < -0.4 is 10.2 Å². The second kappa shape index (κ2) is 7.94. The molecular formula is C23H15Cl2FN2O2. The third-order valence-corrected chi connectivity index (χ3v) is 5.32. The van der Waals surface area contributed by atoms with Crippen LogP contribution in [0.1, 0.15) is 11.1 Å². The van der Waals surface area contributed by atoms with Crippen LogP contribution in [0.25, 0.3) is 5.57 Å². The van der Waals surface area contributed by atoms with Crippen molar-refractivity contribution in [2.24, 2.45) is 0 Å². The van der Waals surface area contributed by atoms with Crippen molar-refractivity contribution in [3.63, 3.8) is 0 Å². The van der Waals surface area contributed by atoms with Gasteiger partial charge < -0.3 is 5.32 Å². The number of amides is 2. The number of nitrogens with one attached hydrogen (secondary N) is 1. The average Bonchev–Trinajstić information content (AvgIpc) is 2.96. The Morgan fingerprint density at radius 3 is 2.30 bits per heavy atom. The predicted octanol–water partition coefficient (Wildman–Crippen LogP) is 5.84. The van der Waals surface area contributed by atoms with Crippen molar-refractivity contribution in [2.45, 2.75) is 6.92 Å². The van der Waals surface area contributed by atoms with Crippen LogP contribution in [0.3, 0.4) is 0 Å². The molecular weight excluding hydrogens is 426 g/mol. The van der Waals surface area contributed by atoms with Gasteiger partial charge in [-0.2, -0.15) is 0 Å². The van der Waals surface area contributed by atoms with E-state index in [1.165, 1.54) is 24.3 Å². The lowest BCUT2D eigenvalue weighted by Crippen LogP contribution is -2.32. The van der Waals surface area contributed by atoms with Crippen LogP contribution in [-0.4, -0.2) is 11.8 Å². The van der Waals surface area contributed by atoms with Crippen molar-refractivity contribution in [1.82, 2.24) is 0 Å². The van der Waals surface area contributed by atoms with Crippen molar-refractivity contribution in [2.75, 3.05) is 10.2 Å². The number of hydrogen-bond acceptors (Lipinski definition) is 3. The van der Waals surface area contributed by atoms with E-state index in [1.807, 2.05) is 6.92 Å². The molecule has 4 nitrogen and oxygen atoms in total. The highest BCUT2D eigenvalue weighted by molar-refractivity contribution is 6.48. The van der Waals surface area contributed by atoms with Crippen LogP contribution >= 0.6 is 23.2 Å². The van der Waals surface area contributed by atoms with Gasteiger partial charge in [-0.25, -0.2) is 9.29 Å². The van der Waals surface area contributed by atoms with E-state index in [4.69, 9.17) is 23.2 Å². The Morgan fingerprint density at radius 2 is 1.60 bits per heavy atom. The molecule has 0 saturated carbocycles. The highest BCUT2D eigenvalue weighted by Gasteiger charge is 2.41.